The van der Waals surface area contributed by atoms with Crippen LogP contribution in [0.3, 0.4) is 0 Å². The Labute approximate surface area is 90.5 Å². The highest BCUT2D eigenvalue weighted by molar-refractivity contribution is 5.74. The monoisotopic (exact) mass is 206 g/mol. The Morgan fingerprint density at radius 3 is 2.40 bits per heavy atom. The predicted octanol–water partition coefficient (Wildman–Crippen LogP) is 1.49. The lowest BCUT2D eigenvalue weighted by Crippen LogP contribution is -2.21. The highest BCUT2D eigenvalue weighted by Crippen LogP contribution is 2.23. The zero-order chi connectivity index (χ0) is 11.6. The summed E-state index contributed by atoms with van der Waals surface area (Å²) in [5, 5.41) is 0. The standard InChI is InChI=1S/C12H18N2O/c1-7-4-5-10(9(3)8(7)2)11(13)6-12(14)15/h4-5,11H,6,13H2,1-3H3,(H2,14,15). The molecule has 1 amide bonds. The van der Waals surface area contributed by atoms with Crippen LogP contribution in [0.5, 0.6) is 0 Å². The molecule has 0 aliphatic heterocycles. The van der Waals surface area contributed by atoms with Crippen LogP contribution in [0.1, 0.15) is 34.7 Å². The van der Waals surface area contributed by atoms with Crippen molar-refractivity contribution in [2.75, 3.05) is 0 Å². The van der Waals surface area contributed by atoms with Crippen LogP contribution in [0, 0.1) is 20.8 Å². The summed E-state index contributed by atoms with van der Waals surface area (Å²) < 4.78 is 0. The zero-order valence-corrected chi connectivity index (χ0v) is 9.50. The number of benzene rings is 1. The second-order valence-electron chi connectivity index (χ2n) is 4.00. The fourth-order valence-corrected chi connectivity index (χ4v) is 1.71. The Kier molecular flexibility index (Phi) is 3.48. The third-order valence-electron chi connectivity index (χ3n) is 2.92. The first-order chi connectivity index (χ1) is 6.93. The van der Waals surface area contributed by atoms with Gasteiger partial charge in [-0.1, -0.05) is 12.1 Å². The van der Waals surface area contributed by atoms with Gasteiger partial charge in [-0.25, -0.2) is 0 Å². The van der Waals surface area contributed by atoms with Crippen molar-refractivity contribution < 1.29 is 4.79 Å². The quantitative estimate of drug-likeness (QED) is 0.786. The lowest BCUT2D eigenvalue weighted by Gasteiger charge is -2.16. The van der Waals surface area contributed by atoms with Gasteiger partial charge in [0.2, 0.25) is 5.91 Å². The molecule has 0 saturated heterocycles. The maximum absolute atomic E-state index is 10.8. The molecule has 0 radical (unpaired) electrons. The third-order valence-corrected chi connectivity index (χ3v) is 2.92. The van der Waals surface area contributed by atoms with Gasteiger partial charge in [-0.15, -0.1) is 0 Å². The van der Waals surface area contributed by atoms with Crippen molar-refractivity contribution in [3.05, 3.63) is 34.4 Å². The SMILES string of the molecule is Cc1ccc(C(N)CC(N)=O)c(C)c1C. The molecule has 15 heavy (non-hydrogen) atoms. The van der Waals surface area contributed by atoms with E-state index >= 15 is 0 Å². The minimum absolute atomic E-state index is 0.198. The Morgan fingerprint density at radius 2 is 1.87 bits per heavy atom. The van der Waals surface area contributed by atoms with Crippen molar-refractivity contribution in [1.29, 1.82) is 0 Å². The van der Waals surface area contributed by atoms with Gasteiger partial charge in [-0.3, -0.25) is 4.79 Å². The molecule has 4 N–H and O–H groups in total. The van der Waals surface area contributed by atoms with Gasteiger partial charge in [0.25, 0.3) is 0 Å². The van der Waals surface area contributed by atoms with E-state index in [2.05, 4.69) is 13.8 Å². The number of aryl methyl sites for hydroxylation is 1. The summed E-state index contributed by atoms with van der Waals surface area (Å²) in [7, 11) is 0. The van der Waals surface area contributed by atoms with E-state index in [-0.39, 0.29) is 18.4 Å². The van der Waals surface area contributed by atoms with Crippen molar-refractivity contribution >= 4 is 5.91 Å². The van der Waals surface area contributed by atoms with Crippen LogP contribution in [0.2, 0.25) is 0 Å². The van der Waals surface area contributed by atoms with Crippen LogP contribution >= 0.6 is 0 Å². The summed E-state index contributed by atoms with van der Waals surface area (Å²) in [5.41, 5.74) is 15.7. The first-order valence-electron chi connectivity index (χ1n) is 5.04. The molecule has 0 aliphatic carbocycles. The van der Waals surface area contributed by atoms with Crippen molar-refractivity contribution in [3.63, 3.8) is 0 Å². The molecule has 0 bridgehead atoms. The normalized spacial score (nSPS) is 12.5. The second-order valence-corrected chi connectivity index (χ2v) is 4.00. The summed E-state index contributed by atoms with van der Waals surface area (Å²) in [6, 6.07) is 3.71. The average molecular weight is 206 g/mol. The highest BCUT2D eigenvalue weighted by atomic mass is 16.1. The molecule has 1 aromatic carbocycles. The summed E-state index contributed by atoms with van der Waals surface area (Å²) in [4.78, 5) is 10.8. The van der Waals surface area contributed by atoms with E-state index < -0.39 is 0 Å². The summed E-state index contributed by atoms with van der Waals surface area (Å²) in [6.45, 7) is 6.15. The maximum Gasteiger partial charge on any atom is 0.219 e. The van der Waals surface area contributed by atoms with Crippen LogP contribution < -0.4 is 11.5 Å². The van der Waals surface area contributed by atoms with Crippen molar-refractivity contribution in [2.24, 2.45) is 11.5 Å². The number of carbonyl (C=O) groups is 1. The molecule has 0 aliphatic rings. The maximum atomic E-state index is 10.8. The molecule has 3 heteroatoms. The van der Waals surface area contributed by atoms with E-state index in [9.17, 15) is 4.79 Å². The molecule has 0 aromatic heterocycles. The number of carbonyl (C=O) groups excluding carboxylic acids is 1. The first kappa shape index (κ1) is 11.7. The van der Waals surface area contributed by atoms with Gasteiger partial charge in [0.15, 0.2) is 0 Å². The molecule has 0 saturated carbocycles. The van der Waals surface area contributed by atoms with Gasteiger partial charge in [0, 0.05) is 12.5 Å². The second kappa shape index (κ2) is 4.45. The fourth-order valence-electron chi connectivity index (χ4n) is 1.71. The largest absolute Gasteiger partial charge is 0.370 e. The van der Waals surface area contributed by atoms with E-state index in [0.29, 0.717) is 0 Å². The van der Waals surface area contributed by atoms with E-state index in [1.54, 1.807) is 0 Å². The lowest BCUT2D eigenvalue weighted by atomic mass is 9.93. The minimum Gasteiger partial charge on any atom is -0.370 e. The Morgan fingerprint density at radius 1 is 1.27 bits per heavy atom. The Bertz CT molecular complexity index is 385. The average Bonchev–Trinajstić information content (AvgIpc) is 2.13. The van der Waals surface area contributed by atoms with E-state index in [1.165, 1.54) is 11.1 Å². The molecule has 1 aromatic rings. The number of amides is 1. The summed E-state index contributed by atoms with van der Waals surface area (Å²) in [6.07, 6.45) is 0.198. The molecule has 1 atom stereocenters. The van der Waals surface area contributed by atoms with Crippen molar-refractivity contribution in [1.82, 2.24) is 0 Å². The van der Waals surface area contributed by atoms with Crippen LogP contribution in [0.15, 0.2) is 12.1 Å². The van der Waals surface area contributed by atoms with E-state index in [1.807, 2.05) is 19.1 Å². The number of primary amides is 1. The Balaban J connectivity index is 3.05. The van der Waals surface area contributed by atoms with Gasteiger partial charge in [0.05, 0.1) is 0 Å². The molecule has 82 valence electrons. The van der Waals surface area contributed by atoms with Crippen LogP contribution in [-0.4, -0.2) is 5.91 Å². The molecule has 0 fully saturated rings. The molecule has 0 spiro atoms. The molecule has 0 heterocycles. The lowest BCUT2D eigenvalue weighted by molar-refractivity contribution is -0.118. The molecular formula is C12H18N2O. The van der Waals surface area contributed by atoms with E-state index in [4.69, 9.17) is 11.5 Å². The first-order valence-corrected chi connectivity index (χ1v) is 5.04. The van der Waals surface area contributed by atoms with Crippen LogP contribution in [0.4, 0.5) is 0 Å². The predicted molar refractivity (Wildman–Crippen MR) is 61.4 cm³/mol. The fraction of sp³-hybridized carbons (Fsp3) is 0.417. The van der Waals surface area contributed by atoms with Gasteiger partial charge in [0.1, 0.15) is 0 Å². The molecule has 1 unspecified atom stereocenters. The van der Waals surface area contributed by atoms with Crippen molar-refractivity contribution in [3.8, 4) is 0 Å². The van der Waals surface area contributed by atoms with Gasteiger partial charge in [-0.2, -0.15) is 0 Å². The number of hydrogen-bond acceptors (Lipinski definition) is 2. The van der Waals surface area contributed by atoms with Gasteiger partial charge < -0.3 is 11.5 Å². The number of rotatable bonds is 3. The topological polar surface area (TPSA) is 69.1 Å². The number of nitrogens with two attached hydrogens (primary N) is 2. The van der Waals surface area contributed by atoms with Crippen LogP contribution in [-0.2, 0) is 4.79 Å². The van der Waals surface area contributed by atoms with Crippen LogP contribution in [0.25, 0.3) is 0 Å². The molecular weight excluding hydrogens is 188 g/mol. The smallest absolute Gasteiger partial charge is 0.219 e. The minimum atomic E-state index is -0.361. The molecule has 1 rings (SSSR count). The third kappa shape index (κ3) is 2.57. The summed E-state index contributed by atoms with van der Waals surface area (Å²) >= 11 is 0. The molecule has 3 nitrogen and oxygen atoms in total. The van der Waals surface area contributed by atoms with E-state index in [0.717, 1.165) is 11.1 Å². The highest BCUT2D eigenvalue weighted by Gasteiger charge is 2.13. The zero-order valence-electron chi connectivity index (χ0n) is 9.50. The van der Waals surface area contributed by atoms with Gasteiger partial charge in [-0.05, 0) is 43.0 Å². The Hall–Kier alpha value is -1.35. The van der Waals surface area contributed by atoms with Gasteiger partial charge >= 0.3 is 0 Å². The van der Waals surface area contributed by atoms with Crippen molar-refractivity contribution in [2.45, 2.75) is 33.2 Å². The summed E-state index contributed by atoms with van der Waals surface area (Å²) in [5.74, 6) is -0.361. The number of hydrogen-bond donors (Lipinski definition) is 2.